The van der Waals surface area contributed by atoms with E-state index in [-0.39, 0.29) is 21.8 Å². The maximum atomic E-state index is 13.8. The van der Waals surface area contributed by atoms with Crippen molar-refractivity contribution in [1.82, 2.24) is 14.6 Å². The van der Waals surface area contributed by atoms with Gasteiger partial charge in [-0.05, 0) is 48.5 Å². The molecule has 0 aliphatic rings. The van der Waals surface area contributed by atoms with Gasteiger partial charge in [0.05, 0.1) is 16.8 Å². The van der Waals surface area contributed by atoms with Crippen LogP contribution in [0.3, 0.4) is 0 Å². The number of nitrogens with one attached hydrogen (secondary N) is 1. The van der Waals surface area contributed by atoms with E-state index in [1.807, 2.05) is 0 Å². The zero-order valence-electron chi connectivity index (χ0n) is 18.0. The number of rotatable bonds is 5. The lowest BCUT2D eigenvalue weighted by Gasteiger charge is -2.12. The number of ether oxygens (including phenoxy) is 1. The highest BCUT2D eigenvalue weighted by atomic mass is 32.2. The molecule has 0 fully saturated rings. The van der Waals surface area contributed by atoms with Gasteiger partial charge in [-0.3, -0.25) is 4.79 Å². The van der Waals surface area contributed by atoms with Crippen molar-refractivity contribution in [2.24, 2.45) is 5.14 Å². The molecule has 0 spiro atoms. The summed E-state index contributed by atoms with van der Waals surface area (Å²) in [5.41, 5.74) is -2.56. The molecule has 2 aromatic heterocycles. The number of sulfonamides is 1. The van der Waals surface area contributed by atoms with Crippen molar-refractivity contribution in [2.45, 2.75) is 17.4 Å². The molecule has 3 N–H and O–H groups in total. The Hall–Kier alpha value is -4.18. The molecule has 0 aliphatic heterocycles. The summed E-state index contributed by atoms with van der Waals surface area (Å²) in [5, 5.41) is 11.0. The van der Waals surface area contributed by atoms with Crippen molar-refractivity contribution < 1.29 is 44.3 Å². The van der Waals surface area contributed by atoms with Crippen molar-refractivity contribution >= 4 is 27.3 Å². The van der Waals surface area contributed by atoms with E-state index in [4.69, 9.17) is 5.14 Å². The summed E-state index contributed by atoms with van der Waals surface area (Å²) in [4.78, 5) is 16.6. The number of alkyl halides is 6. The van der Waals surface area contributed by atoms with Gasteiger partial charge in [0.25, 0.3) is 5.91 Å². The first-order valence-corrected chi connectivity index (χ1v) is 11.4. The number of anilines is 1. The summed E-state index contributed by atoms with van der Waals surface area (Å²) in [6.45, 7) is 0. The first kappa shape index (κ1) is 25.9. The fourth-order valence-electron chi connectivity index (χ4n) is 3.25. The van der Waals surface area contributed by atoms with Crippen molar-refractivity contribution in [3.8, 4) is 17.0 Å². The molecule has 4 aromatic rings. The van der Waals surface area contributed by atoms with Crippen LogP contribution in [0, 0.1) is 0 Å². The van der Waals surface area contributed by atoms with Gasteiger partial charge in [-0.2, -0.15) is 18.3 Å². The predicted molar refractivity (Wildman–Crippen MR) is 116 cm³/mol. The number of carbonyl (C=O) groups is 1. The van der Waals surface area contributed by atoms with Crippen LogP contribution >= 0.6 is 0 Å². The molecule has 37 heavy (non-hydrogen) atoms. The highest BCUT2D eigenvalue weighted by Crippen LogP contribution is 2.33. The van der Waals surface area contributed by atoms with Crippen molar-refractivity contribution in [2.75, 3.05) is 5.32 Å². The quantitative estimate of drug-likeness (QED) is 0.362. The molecule has 0 radical (unpaired) electrons. The van der Waals surface area contributed by atoms with Crippen molar-refractivity contribution in [3.05, 3.63) is 72.1 Å². The molecule has 0 saturated carbocycles. The predicted octanol–water partition coefficient (Wildman–Crippen LogP) is 4.21. The van der Waals surface area contributed by atoms with Gasteiger partial charge in [0.2, 0.25) is 10.0 Å². The molecule has 0 aliphatic carbocycles. The lowest BCUT2D eigenvalue weighted by molar-refractivity contribution is -0.274. The Kier molecular flexibility index (Phi) is 6.33. The van der Waals surface area contributed by atoms with Gasteiger partial charge in [-0.15, -0.1) is 13.2 Å². The lowest BCUT2D eigenvalue weighted by atomic mass is 10.1. The van der Waals surface area contributed by atoms with Gasteiger partial charge in [-0.1, -0.05) is 6.07 Å². The van der Waals surface area contributed by atoms with Crippen LogP contribution in [0.15, 0.2) is 65.7 Å². The number of primary sulfonamides is 1. The zero-order chi connectivity index (χ0) is 27.2. The van der Waals surface area contributed by atoms with Crippen LogP contribution in [-0.4, -0.2) is 35.3 Å². The van der Waals surface area contributed by atoms with Crippen LogP contribution in [0.25, 0.3) is 16.9 Å². The van der Waals surface area contributed by atoms with Gasteiger partial charge < -0.3 is 10.1 Å². The Bertz CT molecular complexity index is 1600. The van der Waals surface area contributed by atoms with E-state index in [0.29, 0.717) is 10.6 Å². The largest absolute Gasteiger partial charge is 0.573 e. The molecule has 0 bridgehead atoms. The number of amides is 1. The molecule has 1 amide bonds. The summed E-state index contributed by atoms with van der Waals surface area (Å²) in [7, 11) is -4.10. The number of halogens is 6. The number of carbonyl (C=O) groups excluding carboxylic acids is 1. The SMILES string of the molecule is NS(=O)(=O)c1cccc(NC(=O)c2cnn3c(C(F)(F)F)cc(-c4ccc(OC(F)(F)F)cc4)nc23)c1. The second-order valence-electron chi connectivity index (χ2n) is 7.42. The topological polar surface area (TPSA) is 129 Å². The van der Waals surface area contributed by atoms with Crippen molar-refractivity contribution in [1.29, 1.82) is 0 Å². The Morgan fingerprint density at radius 1 is 1.00 bits per heavy atom. The molecule has 2 heterocycles. The maximum Gasteiger partial charge on any atom is 0.573 e. The van der Waals surface area contributed by atoms with E-state index in [9.17, 15) is 39.6 Å². The van der Waals surface area contributed by atoms with Gasteiger partial charge in [0, 0.05) is 11.3 Å². The summed E-state index contributed by atoms with van der Waals surface area (Å²) < 4.78 is 106. The third-order valence-corrected chi connectivity index (χ3v) is 5.72. The average Bonchev–Trinajstić information content (AvgIpc) is 3.21. The third-order valence-electron chi connectivity index (χ3n) is 4.81. The first-order valence-electron chi connectivity index (χ1n) is 9.88. The van der Waals surface area contributed by atoms with Gasteiger partial charge in [0.1, 0.15) is 11.3 Å². The van der Waals surface area contributed by atoms with Crippen molar-refractivity contribution in [3.63, 3.8) is 0 Å². The van der Waals surface area contributed by atoms with Crippen LogP contribution in [0.4, 0.5) is 32.0 Å². The molecule has 4 rings (SSSR count). The first-order chi connectivity index (χ1) is 17.1. The normalized spacial score (nSPS) is 12.5. The molecular weight excluding hydrogens is 532 g/mol. The third kappa shape index (κ3) is 5.80. The maximum absolute atomic E-state index is 13.8. The van der Waals surface area contributed by atoms with E-state index in [0.717, 1.165) is 36.5 Å². The fourth-order valence-corrected chi connectivity index (χ4v) is 3.81. The molecular formula is C21H13F6N5O4S. The number of aromatic nitrogens is 3. The summed E-state index contributed by atoms with van der Waals surface area (Å²) in [5.74, 6) is -1.56. The molecule has 0 unspecified atom stereocenters. The Morgan fingerprint density at radius 2 is 1.68 bits per heavy atom. The van der Waals surface area contributed by atoms with Gasteiger partial charge in [0.15, 0.2) is 11.3 Å². The smallest absolute Gasteiger partial charge is 0.406 e. The standard InChI is InChI=1S/C21H13F6N5O4S/c22-20(23,24)17-9-16(11-4-6-13(7-5-11)36-21(25,26)27)31-18-15(10-29-32(17)18)19(33)30-12-2-1-3-14(8-12)37(28,34)35/h1-10H,(H,30,33)(H2,28,34,35). The zero-order valence-corrected chi connectivity index (χ0v) is 18.8. The van der Waals surface area contributed by atoms with E-state index >= 15 is 0 Å². The Balaban J connectivity index is 1.76. The minimum Gasteiger partial charge on any atom is -0.406 e. The molecule has 9 nitrogen and oxygen atoms in total. The second kappa shape index (κ2) is 9.04. The van der Waals surface area contributed by atoms with Crippen LogP contribution < -0.4 is 15.2 Å². The van der Waals surface area contributed by atoms with E-state index in [1.165, 1.54) is 18.2 Å². The fraction of sp³-hybridized carbons (Fsp3) is 0.0952. The van der Waals surface area contributed by atoms with E-state index < -0.39 is 51.1 Å². The van der Waals surface area contributed by atoms with Crippen LogP contribution in [0.2, 0.25) is 0 Å². The highest BCUT2D eigenvalue weighted by Gasteiger charge is 2.36. The second-order valence-corrected chi connectivity index (χ2v) is 8.98. The van der Waals surface area contributed by atoms with E-state index in [1.54, 1.807) is 0 Å². The number of hydrogen-bond acceptors (Lipinski definition) is 6. The number of nitrogens with zero attached hydrogens (tertiary/aromatic N) is 3. The molecule has 2 aromatic carbocycles. The number of hydrogen-bond donors (Lipinski definition) is 2. The monoisotopic (exact) mass is 545 g/mol. The Morgan fingerprint density at radius 3 is 2.27 bits per heavy atom. The molecule has 0 atom stereocenters. The highest BCUT2D eigenvalue weighted by molar-refractivity contribution is 7.89. The minimum atomic E-state index is -4.96. The lowest BCUT2D eigenvalue weighted by Crippen LogP contribution is -2.17. The number of nitrogens with two attached hydrogens (primary N) is 1. The van der Waals surface area contributed by atoms with Crippen LogP contribution in [-0.2, 0) is 16.2 Å². The van der Waals surface area contributed by atoms with Crippen LogP contribution in [0.1, 0.15) is 16.1 Å². The van der Waals surface area contributed by atoms with Gasteiger partial charge in [-0.25, -0.2) is 23.1 Å². The van der Waals surface area contributed by atoms with Crippen LogP contribution in [0.5, 0.6) is 5.75 Å². The molecule has 16 heteroatoms. The summed E-state index contributed by atoms with van der Waals surface area (Å²) >= 11 is 0. The number of benzene rings is 2. The van der Waals surface area contributed by atoms with Gasteiger partial charge >= 0.3 is 12.5 Å². The average molecular weight is 545 g/mol. The molecule has 0 saturated heterocycles. The van der Waals surface area contributed by atoms with E-state index in [2.05, 4.69) is 20.1 Å². The Labute approximate surface area is 203 Å². The number of fused-ring (bicyclic) bond motifs is 1. The minimum absolute atomic E-state index is 0.00376. The molecule has 194 valence electrons. The summed E-state index contributed by atoms with van der Waals surface area (Å²) in [6, 6.07) is 9.37. The summed E-state index contributed by atoms with van der Waals surface area (Å²) in [6.07, 6.45) is -9.07.